The number of rotatable bonds is 4. The summed E-state index contributed by atoms with van der Waals surface area (Å²) in [6.07, 6.45) is 3.55. The van der Waals surface area contributed by atoms with Crippen LogP contribution in [0.4, 0.5) is 0 Å². The average molecular weight is 236 g/mol. The van der Waals surface area contributed by atoms with E-state index in [0.717, 1.165) is 31.7 Å². The number of carbonyl (C=O) groups is 1. The second-order valence-electron chi connectivity index (χ2n) is 4.78. The molecule has 0 aliphatic carbocycles. The van der Waals surface area contributed by atoms with Crippen LogP contribution in [0.5, 0.6) is 0 Å². The third-order valence-electron chi connectivity index (χ3n) is 3.52. The van der Waals surface area contributed by atoms with Crippen LogP contribution in [0.2, 0.25) is 0 Å². The van der Waals surface area contributed by atoms with Gasteiger partial charge in [0.25, 0.3) is 0 Å². The zero-order valence-electron chi connectivity index (χ0n) is 10.5. The van der Waals surface area contributed by atoms with Gasteiger partial charge in [-0.25, -0.2) is 0 Å². The zero-order chi connectivity index (χ0) is 12.3. The summed E-state index contributed by atoms with van der Waals surface area (Å²) < 4.78 is 5.37. The van der Waals surface area contributed by atoms with Gasteiger partial charge in [0, 0.05) is 13.1 Å². The van der Waals surface area contributed by atoms with E-state index in [4.69, 9.17) is 4.42 Å². The van der Waals surface area contributed by atoms with Crippen LogP contribution in [0.1, 0.15) is 32.4 Å². The van der Waals surface area contributed by atoms with E-state index in [0.29, 0.717) is 6.54 Å². The Bertz CT molecular complexity index is 375. The molecule has 0 unspecified atom stereocenters. The highest BCUT2D eigenvalue weighted by Gasteiger charge is 2.41. The predicted molar refractivity (Wildman–Crippen MR) is 65.4 cm³/mol. The molecule has 1 aliphatic rings. The molecular weight excluding hydrogens is 216 g/mol. The lowest BCUT2D eigenvalue weighted by atomic mass is 9.90. The number of nitrogens with zero attached hydrogens (tertiary/aromatic N) is 1. The number of amides is 1. The van der Waals surface area contributed by atoms with E-state index in [1.165, 1.54) is 0 Å². The van der Waals surface area contributed by atoms with Gasteiger partial charge >= 0.3 is 0 Å². The van der Waals surface area contributed by atoms with E-state index in [1.807, 2.05) is 19.1 Å². The van der Waals surface area contributed by atoms with Gasteiger partial charge in [-0.3, -0.25) is 9.69 Å². The molecule has 0 radical (unpaired) electrons. The molecule has 2 rings (SSSR count). The number of hydrogen-bond acceptors (Lipinski definition) is 3. The number of carbonyl (C=O) groups excluding carboxylic acids is 1. The molecule has 1 aromatic rings. The summed E-state index contributed by atoms with van der Waals surface area (Å²) in [6, 6.07) is 3.84. The minimum Gasteiger partial charge on any atom is -0.468 e. The maximum Gasteiger partial charge on any atom is 0.240 e. The first-order valence-electron chi connectivity index (χ1n) is 6.22. The molecule has 0 spiro atoms. The van der Waals surface area contributed by atoms with Crippen molar-refractivity contribution >= 4 is 5.91 Å². The Morgan fingerprint density at radius 1 is 1.59 bits per heavy atom. The fourth-order valence-corrected chi connectivity index (χ4v) is 2.49. The van der Waals surface area contributed by atoms with Crippen LogP contribution in [0, 0.1) is 0 Å². The fourth-order valence-electron chi connectivity index (χ4n) is 2.49. The molecule has 1 aromatic heterocycles. The average Bonchev–Trinajstić information content (AvgIpc) is 2.79. The SMILES string of the molecule is CCC[C@]1(C)C(=O)NCCN1Cc1ccco1. The van der Waals surface area contributed by atoms with Crippen molar-refractivity contribution in [2.45, 2.75) is 38.8 Å². The Hall–Kier alpha value is -1.29. The Morgan fingerprint density at radius 3 is 3.06 bits per heavy atom. The normalized spacial score (nSPS) is 25.9. The molecule has 4 heteroatoms. The Morgan fingerprint density at radius 2 is 2.41 bits per heavy atom. The van der Waals surface area contributed by atoms with Gasteiger partial charge in [0.2, 0.25) is 5.91 Å². The van der Waals surface area contributed by atoms with Crippen molar-refractivity contribution in [2.24, 2.45) is 0 Å². The van der Waals surface area contributed by atoms with Gasteiger partial charge in [0.15, 0.2) is 0 Å². The standard InChI is InChI=1S/C13H20N2O2/c1-3-6-13(2)12(16)14-7-8-15(13)10-11-5-4-9-17-11/h4-5,9H,3,6-8,10H2,1-2H3,(H,14,16)/t13-/m1/s1. The van der Waals surface area contributed by atoms with Gasteiger partial charge in [-0.15, -0.1) is 0 Å². The number of hydrogen-bond donors (Lipinski definition) is 1. The van der Waals surface area contributed by atoms with Crippen molar-refractivity contribution in [1.82, 2.24) is 10.2 Å². The summed E-state index contributed by atoms with van der Waals surface area (Å²) in [7, 11) is 0. The van der Waals surface area contributed by atoms with Crippen molar-refractivity contribution in [2.75, 3.05) is 13.1 Å². The van der Waals surface area contributed by atoms with E-state index in [2.05, 4.69) is 17.1 Å². The first-order chi connectivity index (χ1) is 8.16. The van der Waals surface area contributed by atoms with Crippen molar-refractivity contribution in [3.05, 3.63) is 24.2 Å². The van der Waals surface area contributed by atoms with Crippen LogP contribution in [0.3, 0.4) is 0 Å². The van der Waals surface area contributed by atoms with Crippen molar-refractivity contribution in [3.8, 4) is 0 Å². The van der Waals surface area contributed by atoms with E-state index in [-0.39, 0.29) is 5.91 Å². The maximum atomic E-state index is 12.1. The molecule has 94 valence electrons. The summed E-state index contributed by atoms with van der Waals surface area (Å²) in [5.74, 6) is 1.05. The zero-order valence-corrected chi connectivity index (χ0v) is 10.5. The lowest BCUT2D eigenvalue weighted by Gasteiger charge is -2.43. The third kappa shape index (κ3) is 2.36. The van der Waals surface area contributed by atoms with Crippen molar-refractivity contribution in [1.29, 1.82) is 0 Å². The molecule has 4 nitrogen and oxygen atoms in total. The van der Waals surface area contributed by atoms with E-state index < -0.39 is 5.54 Å². The molecular formula is C13H20N2O2. The summed E-state index contributed by atoms with van der Waals surface area (Å²) in [4.78, 5) is 14.3. The highest BCUT2D eigenvalue weighted by atomic mass is 16.3. The molecule has 17 heavy (non-hydrogen) atoms. The lowest BCUT2D eigenvalue weighted by Crippen LogP contribution is -2.62. The second kappa shape index (κ2) is 4.92. The van der Waals surface area contributed by atoms with Crippen LogP contribution >= 0.6 is 0 Å². The fraction of sp³-hybridized carbons (Fsp3) is 0.615. The Balaban J connectivity index is 2.14. The second-order valence-corrected chi connectivity index (χ2v) is 4.78. The molecule has 1 N–H and O–H groups in total. The van der Waals surface area contributed by atoms with Crippen LogP contribution in [-0.2, 0) is 11.3 Å². The van der Waals surface area contributed by atoms with Crippen LogP contribution in [0.15, 0.2) is 22.8 Å². The van der Waals surface area contributed by atoms with Gasteiger partial charge in [-0.05, 0) is 25.5 Å². The summed E-state index contributed by atoms with van der Waals surface area (Å²) >= 11 is 0. The van der Waals surface area contributed by atoms with Crippen LogP contribution < -0.4 is 5.32 Å². The van der Waals surface area contributed by atoms with Gasteiger partial charge in [-0.1, -0.05) is 13.3 Å². The molecule has 0 saturated carbocycles. The van der Waals surface area contributed by atoms with Crippen molar-refractivity contribution in [3.63, 3.8) is 0 Å². The van der Waals surface area contributed by atoms with Crippen molar-refractivity contribution < 1.29 is 9.21 Å². The minimum absolute atomic E-state index is 0.136. The monoisotopic (exact) mass is 236 g/mol. The predicted octanol–water partition coefficient (Wildman–Crippen LogP) is 1.77. The van der Waals surface area contributed by atoms with Gasteiger partial charge in [-0.2, -0.15) is 0 Å². The molecule has 0 bridgehead atoms. The molecule has 1 aliphatic heterocycles. The summed E-state index contributed by atoms with van der Waals surface area (Å²) in [5.41, 5.74) is -0.403. The Labute approximate surface area is 102 Å². The van der Waals surface area contributed by atoms with Gasteiger partial charge < -0.3 is 9.73 Å². The quantitative estimate of drug-likeness (QED) is 0.866. The molecule has 1 fully saturated rings. The molecule has 1 amide bonds. The molecule has 1 saturated heterocycles. The van der Waals surface area contributed by atoms with E-state index >= 15 is 0 Å². The molecule has 2 heterocycles. The number of nitrogens with one attached hydrogen (secondary N) is 1. The molecule has 1 atom stereocenters. The first kappa shape index (κ1) is 12.2. The number of piperazine rings is 1. The highest BCUT2D eigenvalue weighted by molar-refractivity contribution is 5.86. The third-order valence-corrected chi connectivity index (χ3v) is 3.52. The van der Waals surface area contributed by atoms with Crippen LogP contribution in [-0.4, -0.2) is 29.4 Å². The maximum absolute atomic E-state index is 12.1. The van der Waals surface area contributed by atoms with E-state index in [1.54, 1.807) is 6.26 Å². The largest absolute Gasteiger partial charge is 0.468 e. The number of furan rings is 1. The smallest absolute Gasteiger partial charge is 0.240 e. The summed E-state index contributed by atoms with van der Waals surface area (Å²) in [5, 5.41) is 2.96. The van der Waals surface area contributed by atoms with E-state index in [9.17, 15) is 4.79 Å². The molecule has 0 aromatic carbocycles. The van der Waals surface area contributed by atoms with Gasteiger partial charge in [0.1, 0.15) is 5.76 Å². The van der Waals surface area contributed by atoms with Crippen LogP contribution in [0.25, 0.3) is 0 Å². The lowest BCUT2D eigenvalue weighted by molar-refractivity contribution is -0.137. The Kier molecular flexibility index (Phi) is 3.52. The topological polar surface area (TPSA) is 45.5 Å². The summed E-state index contributed by atoms with van der Waals surface area (Å²) in [6.45, 7) is 6.44. The minimum atomic E-state index is -0.403. The van der Waals surface area contributed by atoms with Gasteiger partial charge in [0.05, 0.1) is 18.3 Å². The highest BCUT2D eigenvalue weighted by Crippen LogP contribution is 2.26. The first-order valence-corrected chi connectivity index (χ1v) is 6.22.